The molecule has 0 saturated carbocycles. The number of hydrogen-bond acceptors (Lipinski definition) is 1. The van der Waals surface area contributed by atoms with Gasteiger partial charge >= 0.3 is 0 Å². The normalized spacial score (nSPS) is 12.5. The lowest BCUT2D eigenvalue weighted by molar-refractivity contribution is 1.10. The van der Waals surface area contributed by atoms with Gasteiger partial charge in [0.25, 0.3) is 0 Å². The van der Waals surface area contributed by atoms with E-state index in [1.54, 1.807) is 0 Å². The molecule has 33 heavy (non-hydrogen) atoms. The summed E-state index contributed by atoms with van der Waals surface area (Å²) >= 11 is 0. The van der Waals surface area contributed by atoms with Crippen LogP contribution >= 0.6 is 0 Å². The van der Waals surface area contributed by atoms with E-state index in [4.69, 9.17) is 0 Å². The number of fused-ring (bicyclic) bond motifs is 1. The summed E-state index contributed by atoms with van der Waals surface area (Å²) in [7, 11) is 2.15. The number of rotatable bonds is 7. The highest BCUT2D eigenvalue weighted by atomic mass is 15.1. The standard InChI is InChI=1S/C32H31N/c1-4-13-28(26-15-7-6-8-16-26)23-31(33(3)30-20-11-14-25(5-2)22-30)24-29-19-12-18-27-17-9-10-21-32(27)29/h4,6-24H,5H2,1-3H3/b13-4-,28-23+,31-24-. The molecule has 0 atom stereocenters. The average molecular weight is 430 g/mol. The van der Waals surface area contributed by atoms with E-state index in [1.807, 2.05) is 0 Å². The molecule has 0 heterocycles. The van der Waals surface area contributed by atoms with E-state index >= 15 is 0 Å². The Hall–Kier alpha value is -3.84. The van der Waals surface area contributed by atoms with Crippen molar-refractivity contribution in [3.05, 3.63) is 138 Å². The SMILES string of the molecule is C\C=C/C(=C\C(=C\c1cccc2ccccc12)N(C)c1cccc(CC)c1)c1ccccc1. The van der Waals surface area contributed by atoms with Gasteiger partial charge in [0, 0.05) is 18.4 Å². The van der Waals surface area contributed by atoms with Gasteiger partial charge in [0.1, 0.15) is 0 Å². The summed E-state index contributed by atoms with van der Waals surface area (Å²) in [4.78, 5) is 2.29. The van der Waals surface area contributed by atoms with Gasteiger partial charge in [0.2, 0.25) is 0 Å². The molecule has 0 N–H and O–H groups in total. The lowest BCUT2D eigenvalue weighted by Crippen LogP contribution is -2.15. The number of allylic oxidation sites excluding steroid dienone is 4. The highest BCUT2D eigenvalue weighted by Gasteiger charge is 2.10. The molecule has 4 aromatic rings. The van der Waals surface area contributed by atoms with Crippen LogP contribution in [0.2, 0.25) is 0 Å². The number of hydrogen-bond donors (Lipinski definition) is 0. The fourth-order valence-corrected chi connectivity index (χ4v) is 4.10. The summed E-state index contributed by atoms with van der Waals surface area (Å²) in [6.07, 6.45) is 9.89. The lowest BCUT2D eigenvalue weighted by atomic mass is 10.0. The van der Waals surface area contributed by atoms with Gasteiger partial charge in [0.05, 0.1) is 0 Å². The van der Waals surface area contributed by atoms with E-state index < -0.39 is 0 Å². The minimum atomic E-state index is 1.02. The fraction of sp³-hybridized carbons (Fsp3) is 0.125. The molecule has 4 rings (SSSR count). The summed E-state index contributed by atoms with van der Waals surface area (Å²) in [6.45, 7) is 4.27. The van der Waals surface area contributed by atoms with Gasteiger partial charge in [-0.15, -0.1) is 0 Å². The van der Waals surface area contributed by atoms with Gasteiger partial charge in [-0.25, -0.2) is 0 Å². The second-order valence-corrected chi connectivity index (χ2v) is 8.19. The second kappa shape index (κ2) is 10.7. The largest absolute Gasteiger partial charge is 0.345 e. The molecule has 0 aromatic heterocycles. The molecule has 0 spiro atoms. The third-order valence-electron chi connectivity index (χ3n) is 5.98. The molecule has 1 nitrogen and oxygen atoms in total. The molecule has 0 aliphatic heterocycles. The van der Waals surface area contributed by atoms with Crippen molar-refractivity contribution in [1.29, 1.82) is 0 Å². The van der Waals surface area contributed by atoms with Crippen LogP contribution in [0.3, 0.4) is 0 Å². The first-order chi connectivity index (χ1) is 16.2. The smallest absolute Gasteiger partial charge is 0.0420 e. The summed E-state index contributed by atoms with van der Waals surface area (Å²) in [5.74, 6) is 0. The Morgan fingerprint density at radius 1 is 0.818 bits per heavy atom. The molecule has 164 valence electrons. The zero-order valence-electron chi connectivity index (χ0n) is 19.7. The van der Waals surface area contributed by atoms with Crippen molar-refractivity contribution in [3.8, 4) is 0 Å². The van der Waals surface area contributed by atoms with Gasteiger partial charge < -0.3 is 4.90 Å². The van der Waals surface area contributed by atoms with Crippen molar-refractivity contribution in [2.24, 2.45) is 0 Å². The monoisotopic (exact) mass is 429 g/mol. The Kier molecular flexibility index (Phi) is 7.22. The molecule has 0 aliphatic carbocycles. The van der Waals surface area contributed by atoms with Crippen LogP contribution < -0.4 is 4.90 Å². The number of benzene rings is 4. The Labute approximate surface area is 198 Å². The van der Waals surface area contributed by atoms with Crippen LogP contribution in [0.1, 0.15) is 30.5 Å². The number of anilines is 1. The highest BCUT2D eigenvalue weighted by Crippen LogP contribution is 2.28. The summed E-state index contributed by atoms with van der Waals surface area (Å²) in [5.41, 5.74) is 7.26. The molecule has 0 saturated heterocycles. The van der Waals surface area contributed by atoms with Crippen molar-refractivity contribution in [3.63, 3.8) is 0 Å². The van der Waals surface area contributed by atoms with Crippen LogP contribution in [0.15, 0.2) is 121 Å². The van der Waals surface area contributed by atoms with Crippen molar-refractivity contribution in [2.75, 3.05) is 11.9 Å². The lowest BCUT2D eigenvalue weighted by Gasteiger charge is -2.23. The third-order valence-corrected chi connectivity index (χ3v) is 5.98. The fourth-order valence-electron chi connectivity index (χ4n) is 4.10. The number of likely N-dealkylation sites (N-methyl/N-ethyl adjacent to an activating group) is 1. The minimum Gasteiger partial charge on any atom is -0.345 e. The molecular weight excluding hydrogens is 398 g/mol. The van der Waals surface area contributed by atoms with Crippen molar-refractivity contribution >= 4 is 28.1 Å². The Bertz CT molecular complexity index is 1300. The predicted octanol–water partition coefficient (Wildman–Crippen LogP) is 8.54. The molecule has 0 radical (unpaired) electrons. The first-order valence-electron chi connectivity index (χ1n) is 11.6. The average Bonchev–Trinajstić information content (AvgIpc) is 2.88. The zero-order valence-corrected chi connectivity index (χ0v) is 19.7. The second-order valence-electron chi connectivity index (χ2n) is 8.19. The van der Waals surface area contributed by atoms with Gasteiger partial charge in [0.15, 0.2) is 0 Å². The van der Waals surface area contributed by atoms with Crippen LogP contribution in [0.5, 0.6) is 0 Å². The third kappa shape index (κ3) is 5.32. The molecular formula is C32H31N. The van der Waals surface area contributed by atoms with E-state index in [1.165, 1.54) is 38.7 Å². The van der Waals surface area contributed by atoms with Crippen LogP contribution in [0.25, 0.3) is 22.4 Å². The quantitative estimate of drug-likeness (QED) is 0.266. The number of nitrogens with zero attached hydrogens (tertiary/aromatic N) is 1. The first kappa shape index (κ1) is 22.4. The van der Waals surface area contributed by atoms with Crippen LogP contribution in [0, 0.1) is 0 Å². The Morgan fingerprint density at radius 3 is 2.33 bits per heavy atom. The summed E-state index contributed by atoms with van der Waals surface area (Å²) in [6, 6.07) is 34.5. The maximum Gasteiger partial charge on any atom is 0.0420 e. The van der Waals surface area contributed by atoms with Crippen LogP contribution in [0.4, 0.5) is 5.69 Å². The van der Waals surface area contributed by atoms with Crippen LogP contribution in [-0.2, 0) is 6.42 Å². The van der Waals surface area contributed by atoms with E-state index in [9.17, 15) is 0 Å². The maximum atomic E-state index is 2.30. The zero-order chi connectivity index (χ0) is 23.0. The van der Waals surface area contributed by atoms with Gasteiger partial charge in [-0.05, 0) is 70.7 Å². The molecule has 0 amide bonds. The molecule has 0 aliphatic rings. The van der Waals surface area contributed by atoms with Gasteiger partial charge in [-0.3, -0.25) is 0 Å². The van der Waals surface area contributed by atoms with Gasteiger partial charge in [-0.2, -0.15) is 0 Å². The molecule has 0 unspecified atom stereocenters. The van der Waals surface area contributed by atoms with E-state index in [-0.39, 0.29) is 0 Å². The maximum absolute atomic E-state index is 2.30. The minimum absolute atomic E-state index is 1.02. The van der Waals surface area contributed by atoms with Crippen molar-refractivity contribution < 1.29 is 0 Å². The van der Waals surface area contributed by atoms with E-state index in [0.29, 0.717) is 0 Å². The van der Waals surface area contributed by atoms with Crippen LogP contribution in [-0.4, -0.2) is 7.05 Å². The topological polar surface area (TPSA) is 3.24 Å². The predicted molar refractivity (Wildman–Crippen MR) is 145 cm³/mol. The summed E-state index contributed by atoms with van der Waals surface area (Å²) < 4.78 is 0. The molecule has 1 heteroatoms. The van der Waals surface area contributed by atoms with Crippen molar-refractivity contribution in [1.82, 2.24) is 0 Å². The molecule has 4 aromatic carbocycles. The van der Waals surface area contributed by atoms with Crippen molar-refractivity contribution in [2.45, 2.75) is 20.3 Å². The van der Waals surface area contributed by atoms with E-state index in [2.05, 4.69) is 147 Å². The first-order valence-corrected chi connectivity index (χ1v) is 11.6. The highest BCUT2D eigenvalue weighted by molar-refractivity contribution is 5.92. The summed E-state index contributed by atoms with van der Waals surface area (Å²) in [5, 5.41) is 2.51. The Balaban J connectivity index is 1.90. The molecule has 0 bridgehead atoms. The Morgan fingerprint density at radius 2 is 1.55 bits per heavy atom. The van der Waals surface area contributed by atoms with E-state index in [0.717, 1.165) is 12.1 Å². The number of aryl methyl sites for hydroxylation is 1. The van der Waals surface area contributed by atoms with Gasteiger partial charge in [-0.1, -0.05) is 104 Å². The molecule has 0 fully saturated rings.